The van der Waals surface area contributed by atoms with E-state index in [1.54, 1.807) is 42.7 Å². The number of rotatable bonds is 6. The third-order valence-corrected chi connectivity index (χ3v) is 4.99. The number of hydrogen-bond donors (Lipinski definition) is 0. The van der Waals surface area contributed by atoms with E-state index in [2.05, 4.69) is 9.88 Å². The Morgan fingerprint density at radius 3 is 2.58 bits per heavy atom. The van der Waals surface area contributed by atoms with Gasteiger partial charge >= 0.3 is 0 Å². The Bertz CT molecular complexity index is 683. The Morgan fingerprint density at radius 2 is 2.00 bits per heavy atom. The Kier molecular flexibility index (Phi) is 5.01. The van der Waals surface area contributed by atoms with Crippen LogP contribution in [-0.4, -0.2) is 49.6 Å². The molecule has 6 nitrogen and oxygen atoms in total. The molecule has 2 heterocycles. The second-order valence-corrected chi connectivity index (χ2v) is 6.69. The molecule has 1 aliphatic rings. The van der Waals surface area contributed by atoms with Gasteiger partial charge in [-0.15, -0.1) is 11.3 Å². The van der Waals surface area contributed by atoms with Crippen LogP contribution in [0, 0.1) is 0 Å². The number of aromatic nitrogens is 1. The number of benzene rings is 1. The summed E-state index contributed by atoms with van der Waals surface area (Å²) < 4.78 is 10.6. The van der Waals surface area contributed by atoms with Gasteiger partial charge in [-0.1, -0.05) is 0 Å². The highest BCUT2D eigenvalue weighted by Gasteiger charge is 2.35. The van der Waals surface area contributed by atoms with Crippen molar-refractivity contribution in [1.82, 2.24) is 9.88 Å². The van der Waals surface area contributed by atoms with E-state index in [1.165, 1.54) is 0 Å². The molecule has 0 aliphatic carbocycles. The Hall–Kier alpha value is -2.12. The van der Waals surface area contributed by atoms with E-state index in [9.17, 15) is 4.79 Å². The van der Waals surface area contributed by atoms with Crippen molar-refractivity contribution in [3.63, 3.8) is 0 Å². The van der Waals surface area contributed by atoms with Gasteiger partial charge in [-0.2, -0.15) is 0 Å². The molecule has 1 saturated heterocycles. The molecule has 1 amide bonds. The summed E-state index contributed by atoms with van der Waals surface area (Å²) in [5.41, 5.74) is 0.807. The zero-order valence-corrected chi connectivity index (χ0v) is 14.9. The highest BCUT2D eigenvalue weighted by Crippen LogP contribution is 2.32. The molecule has 1 aromatic carbocycles. The summed E-state index contributed by atoms with van der Waals surface area (Å²) in [7, 11) is 5.18. The summed E-state index contributed by atoms with van der Waals surface area (Å²) in [5, 5.41) is 2.97. The molecule has 0 N–H and O–H groups in total. The largest absolute Gasteiger partial charge is 0.497 e. The molecule has 0 saturated carbocycles. The number of carbonyl (C=O) groups excluding carboxylic acids is 1. The van der Waals surface area contributed by atoms with Crippen LogP contribution in [0.5, 0.6) is 11.5 Å². The van der Waals surface area contributed by atoms with Crippen LogP contribution in [0.15, 0.2) is 29.8 Å². The van der Waals surface area contributed by atoms with Crippen molar-refractivity contribution in [2.75, 3.05) is 32.7 Å². The average Bonchev–Trinajstić information content (AvgIpc) is 3.23. The second-order valence-electron chi connectivity index (χ2n) is 5.71. The van der Waals surface area contributed by atoms with Gasteiger partial charge in [-0.05, 0) is 13.5 Å². The normalized spacial score (nSPS) is 17.6. The summed E-state index contributed by atoms with van der Waals surface area (Å²) in [6, 6.07) is 5.40. The van der Waals surface area contributed by atoms with Crippen molar-refractivity contribution in [1.29, 1.82) is 0 Å². The molecule has 1 aromatic heterocycles. The molecular weight excluding hydrogens is 326 g/mol. The van der Waals surface area contributed by atoms with E-state index in [4.69, 9.17) is 9.47 Å². The first-order valence-corrected chi connectivity index (χ1v) is 8.63. The SMILES string of the molecule is COc1cc(OC)cc(N2CCC(N(C)Cc3nccs3)C2=O)c1. The first-order valence-electron chi connectivity index (χ1n) is 7.75. The molecule has 0 bridgehead atoms. The van der Waals surface area contributed by atoms with Gasteiger partial charge in [0.05, 0.1) is 32.5 Å². The predicted octanol–water partition coefficient (Wildman–Crippen LogP) is 2.40. The lowest BCUT2D eigenvalue weighted by atomic mass is 10.2. The molecule has 7 heteroatoms. The lowest BCUT2D eigenvalue weighted by molar-refractivity contribution is -0.121. The van der Waals surface area contributed by atoms with Crippen molar-refractivity contribution in [3.8, 4) is 11.5 Å². The van der Waals surface area contributed by atoms with Crippen LogP contribution in [0.1, 0.15) is 11.4 Å². The minimum Gasteiger partial charge on any atom is -0.497 e. The maximum Gasteiger partial charge on any atom is 0.244 e. The summed E-state index contributed by atoms with van der Waals surface area (Å²) in [6.07, 6.45) is 2.58. The van der Waals surface area contributed by atoms with Crippen LogP contribution in [0.2, 0.25) is 0 Å². The van der Waals surface area contributed by atoms with Gasteiger partial charge in [0.2, 0.25) is 5.91 Å². The molecule has 24 heavy (non-hydrogen) atoms. The number of amides is 1. The molecule has 1 atom stereocenters. The van der Waals surface area contributed by atoms with Crippen molar-refractivity contribution >= 4 is 22.9 Å². The van der Waals surface area contributed by atoms with E-state index in [0.29, 0.717) is 24.6 Å². The lowest BCUT2D eigenvalue weighted by Crippen LogP contribution is -2.39. The molecule has 128 valence electrons. The third-order valence-electron chi connectivity index (χ3n) is 4.23. The topological polar surface area (TPSA) is 54.9 Å². The number of methoxy groups -OCH3 is 2. The summed E-state index contributed by atoms with van der Waals surface area (Å²) >= 11 is 1.61. The predicted molar refractivity (Wildman–Crippen MR) is 93.9 cm³/mol. The van der Waals surface area contributed by atoms with Gasteiger partial charge < -0.3 is 14.4 Å². The van der Waals surface area contributed by atoms with Crippen molar-refractivity contribution in [2.24, 2.45) is 0 Å². The maximum atomic E-state index is 12.9. The zero-order chi connectivity index (χ0) is 17.1. The molecule has 2 aromatic rings. The number of ether oxygens (including phenoxy) is 2. The number of hydrogen-bond acceptors (Lipinski definition) is 6. The minimum atomic E-state index is -0.133. The lowest BCUT2D eigenvalue weighted by Gasteiger charge is -2.23. The number of anilines is 1. The number of likely N-dealkylation sites (N-methyl/N-ethyl adjacent to an activating group) is 1. The smallest absolute Gasteiger partial charge is 0.244 e. The summed E-state index contributed by atoms with van der Waals surface area (Å²) in [4.78, 5) is 21.0. The Balaban J connectivity index is 1.76. The number of thiazole rings is 1. The molecule has 1 fully saturated rings. The Labute approximate surface area is 145 Å². The Morgan fingerprint density at radius 1 is 1.29 bits per heavy atom. The van der Waals surface area contributed by atoms with E-state index in [1.807, 2.05) is 24.6 Å². The first-order chi connectivity index (χ1) is 11.6. The summed E-state index contributed by atoms with van der Waals surface area (Å²) in [6.45, 7) is 1.37. The molecule has 1 aliphatic heterocycles. The quantitative estimate of drug-likeness (QED) is 0.803. The van der Waals surface area contributed by atoms with Gasteiger partial charge in [0.15, 0.2) is 0 Å². The van der Waals surface area contributed by atoms with Gasteiger partial charge in [-0.25, -0.2) is 4.98 Å². The fourth-order valence-electron chi connectivity index (χ4n) is 2.93. The van der Waals surface area contributed by atoms with E-state index >= 15 is 0 Å². The van der Waals surface area contributed by atoms with Crippen molar-refractivity contribution in [3.05, 3.63) is 34.8 Å². The highest BCUT2D eigenvalue weighted by atomic mass is 32.1. The van der Waals surface area contributed by atoms with Gasteiger partial charge in [0, 0.05) is 36.3 Å². The fourth-order valence-corrected chi connectivity index (χ4v) is 3.61. The van der Waals surface area contributed by atoms with E-state index in [-0.39, 0.29) is 11.9 Å². The minimum absolute atomic E-state index is 0.101. The standard InChI is InChI=1S/C17H21N3O3S/c1-19(11-16-18-5-7-24-16)15-4-6-20(17(15)21)12-8-13(22-2)10-14(9-12)23-3/h5,7-10,15H,4,6,11H2,1-3H3. The molecule has 0 spiro atoms. The second kappa shape index (κ2) is 7.19. The number of carbonyl (C=O) groups is 1. The third kappa shape index (κ3) is 3.37. The van der Waals surface area contributed by atoms with Gasteiger partial charge in [-0.3, -0.25) is 9.69 Å². The first kappa shape index (κ1) is 16.7. The van der Waals surface area contributed by atoms with Crippen LogP contribution < -0.4 is 14.4 Å². The molecular formula is C17H21N3O3S. The molecule has 0 radical (unpaired) electrons. The van der Waals surface area contributed by atoms with Crippen molar-refractivity contribution < 1.29 is 14.3 Å². The molecule has 3 rings (SSSR count). The van der Waals surface area contributed by atoms with Crippen LogP contribution in [-0.2, 0) is 11.3 Å². The van der Waals surface area contributed by atoms with Crippen LogP contribution in [0.25, 0.3) is 0 Å². The average molecular weight is 347 g/mol. The van der Waals surface area contributed by atoms with Crippen LogP contribution >= 0.6 is 11.3 Å². The monoisotopic (exact) mass is 347 g/mol. The zero-order valence-electron chi connectivity index (χ0n) is 14.1. The fraction of sp³-hybridized carbons (Fsp3) is 0.412. The van der Waals surface area contributed by atoms with Gasteiger partial charge in [0.1, 0.15) is 16.5 Å². The van der Waals surface area contributed by atoms with E-state index in [0.717, 1.165) is 17.1 Å². The van der Waals surface area contributed by atoms with E-state index < -0.39 is 0 Å². The van der Waals surface area contributed by atoms with Crippen LogP contribution in [0.3, 0.4) is 0 Å². The van der Waals surface area contributed by atoms with Gasteiger partial charge in [0.25, 0.3) is 0 Å². The maximum absolute atomic E-state index is 12.9. The van der Waals surface area contributed by atoms with Crippen molar-refractivity contribution in [2.45, 2.75) is 19.0 Å². The molecule has 1 unspecified atom stereocenters. The highest BCUT2D eigenvalue weighted by molar-refractivity contribution is 7.09. The van der Waals surface area contributed by atoms with Crippen LogP contribution in [0.4, 0.5) is 5.69 Å². The summed E-state index contributed by atoms with van der Waals surface area (Å²) in [5.74, 6) is 1.46. The number of nitrogens with zero attached hydrogens (tertiary/aromatic N) is 3.